The van der Waals surface area contributed by atoms with Crippen molar-refractivity contribution in [3.05, 3.63) is 21.9 Å². The maximum atomic E-state index is 10.6. The fourth-order valence-corrected chi connectivity index (χ4v) is 2.40. The van der Waals surface area contributed by atoms with E-state index in [0.717, 1.165) is 30.1 Å². The molecule has 1 heterocycles. The van der Waals surface area contributed by atoms with Crippen LogP contribution in [0.1, 0.15) is 21.7 Å². The second kappa shape index (κ2) is 6.87. The molecule has 0 aromatic carbocycles. The molecule has 0 fully saturated rings. The van der Waals surface area contributed by atoms with Crippen molar-refractivity contribution in [2.45, 2.75) is 13.0 Å². The summed E-state index contributed by atoms with van der Waals surface area (Å²) in [5.41, 5.74) is 0.390. The van der Waals surface area contributed by atoms with Gasteiger partial charge in [-0.3, -0.25) is 0 Å². The Bertz CT molecular complexity index is 312. The maximum Gasteiger partial charge on any atom is 0.336 e. The summed E-state index contributed by atoms with van der Waals surface area (Å²) in [6.07, 6.45) is 3.25. The maximum absolute atomic E-state index is 10.6. The van der Waals surface area contributed by atoms with Gasteiger partial charge in [0.05, 0.1) is 5.56 Å². The van der Waals surface area contributed by atoms with E-state index in [4.69, 9.17) is 5.11 Å². The summed E-state index contributed by atoms with van der Waals surface area (Å²) < 4.78 is 0. The summed E-state index contributed by atoms with van der Waals surface area (Å²) in [4.78, 5) is 11.7. The van der Waals surface area contributed by atoms with Crippen molar-refractivity contribution in [1.82, 2.24) is 5.32 Å². The van der Waals surface area contributed by atoms with Crippen LogP contribution in [0.2, 0.25) is 0 Å². The molecule has 15 heavy (non-hydrogen) atoms. The fourth-order valence-electron chi connectivity index (χ4n) is 1.14. The molecule has 0 saturated heterocycles. The lowest BCUT2D eigenvalue weighted by molar-refractivity contribution is 0.0697. The van der Waals surface area contributed by atoms with Crippen LogP contribution in [0, 0.1) is 0 Å². The average molecular weight is 245 g/mol. The lowest BCUT2D eigenvalue weighted by Gasteiger charge is -2.01. The van der Waals surface area contributed by atoms with Crippen molar-refractivity contribution in [3.63, 3.8) is 0 Å². The highest BCUT2D eigenvalue weighted by molar-refractivity contribution is 7.98. The molecular formula is C10H15NO2S2. The molecular weight excluding hydrogens is 230 g/mol. The van der Waals surface area contributed by atoms with E-state index in [-0.39, 0.29) is 0 Å². The van der Waals surface area contributed by atoms with E-state index in [1.54, 1.807) is 11.4 Å². The largest absolute Gasteiger partial charge is 0.478 e. The van der Waals surface area contributed by atoms with Crippen LogP contribution in [0.15, 0.2) is 11.4 Å². The number of carboxylic acid groups (broad SMARTS) is 1. The van der Waals surface area contributed by atoms with E-state index < -0.39 is 5.97 Å². The zero-order valence-electron chi connectivity index (χ0n) is 8.66. The molecule has 0 aliphatic carbocycles. The summed E-state index contributed by atoms with van der Waals surface area (Å²) >= 11 is 3.33. The second-order valence-corrected chi connectivity index (χ2v) is 5.11. The minimum absolute atomic E-state index is 0.390. The van der Waals surface area contributed by atoms with Crippen molar-refractivity contribution >= 4 is 29.1 Å². The fraction of sp³-hybridized carbons (Fsp3) is 0.500. The Morgan fingerprint density at radius 2 is 2.47 bits per heavy atom. The number of hydrogen-bond acceptors (Lipinski definition) is 4. The van der Waals surface area contributed by atoms with Crippen LogP contribution in [-0.4, -0.2) is 29.6 Å². The number of hydrogen-bond donors (Lipinski definition) is 2. The minimum atomic E-state index is -0.847. The normalized spacial score (nSPS) is 10.5. The van der Waals surface area contributed by atoms with Crippen LogP contribution >= 0.6 is 23.1 Å². The molecule has 2 N–H and O–H groups in total. The number of rotatable bonds is 7. The first kappa shape index (κ1) is 12.5. The van der Waals surface area contributed by atoms with Gasteiger partial charge < -0.3 is 10.4 Å². The Balaban J connectivity index is 2.23. The molecule has 0 spiro atoms. The minimum Gasteiger partial charge on any atom is -0.478 e. The molecule has 0 aliphatic heterocycles. The van der Waals surface area contributed by atoms with Crippen molar-refractivity contribution in [2.75, 3.05) is 18.6 Å². The van der Waals surface area contributed by atoms with Crippen molar-refractivity contribution in [3.8, 4) is 0 Å². The van der Waals surface area contributed by atoms with E-state index in [1.165, 1.54) is 11.3 Å². The predicted octanol–water partition coefficient (Wildman–Crippen LogP) is 2.29. The van der Waals surface area contributed by atoms with Gasteiger partial charge in [0.25, 0.3) is 0 Å². The van der Waals surface area contributed by atoms with Gasteiger partial charge in [0.1, 0.15) is 0 Å². The number of carbonyl (C=O) groups is 1. The summed E-state index contributed by atoms with van der Waals surface area (Å²) in [6.45, 7) is 1.76. The van der Waals surface area contributed by atoms with Gasteiger partial charge in [-0.05, 0) is 31.0 Å². The molecule has 1 rings (SSSR count). The van der Waals surface area contributed by atoms with Crippen LogP contribution < -0.4 is 5.32 Å². The zero-order valence-corrected chi connectivity index (χ0v) is 10.3. The Hall–Kier alpha value is -0.520. The molecule has 0 unspecified atom stereocenters. The van der Waals surface area contributed by atoms with E-state index in [0.29, 0.717) is 5.56 Å². The van der Waals surface area contributed by atoms with Gasteiger partial charge in [0.2, 0.25) is 0 Å². The lowest BCUT2D eigenvalue weighted by Crippen LogP contribution is -2.14. The standard InChI is InChI=1S/C10H15NO2S2/c1-14-4-2-3-11-6-9-5-8(7-15-9)10(12)13/h5,7,11H,2-4,6H2,1H3,(H,12,13). The molecule has 3 nitrogen and oxygen atoms in total. The molecule has 1 aromatic heterocycles. The predicted molar refractivity (Wildman–Crippen MR) is 66.0 cm³/mol. The third-order valence-electron chi connectivity index (χ3n) is 1.90. The van der Waals surface area contributed by atoms with Crippen LogP contribution in [-0.2, 0) is 6.54 Å². The smallest absolute Gasteiger partial charge is 0.336 e. The van der Waals surface area contributed by atoms with Gasteiger partial charge in [-0.1, -0.05) is 0 Å². The molecule has 1 aromatic rings. The quantitative estimate of drug-likeness (QED) is 0.724. The Labute approximate surface area is 97.9 Å². The topological polar surface area (TPSA) is 49.3 Å². The number of thioether (sulfide) groups is 1. The van der Waals surface area contributed by atoms with E-state index in [9.17, 15) is 4.79 Å². The number of thiophene rings is 1. The van der Waals surface area contributed by atoms with E-state index >= 15 is 0 Å². The van der Waals surface area contributed by atoms with Gasteiger partial charge in [-0.15, -0.1) is 11.3 Å². The molecule has 0 saturated carbocycles. The van der Waals surface area contributed by atoms with E-state index in [1.807, 2.05) is 11.8 Å². The van der Waals surface area contributed by atoms with E-state index in [2.05, 4.69) is 11.6 Å². The summed E-state index contributed by atoms with van der Waals surface area (Å²) in [7, 11) is 0. The van der Waals surface area contributed by atoms with Crippen LogP contribution in [0.4, 0.5) is 0 Å². The van der Waals surface area contributed by atoms with Crippen LogP contribution in [0.5, 0.6) is 0 Å². The van der Waals surface area contributed by atoms with Crippen molar-refractivity contribution < 1.29 is 9.90 Å². The van der Waals surface area contributed by atoms with Crippen LogP contribution in [0.3, 0.4) is 0 Å². The summed E-state index contributed by atoms with van der Waals surface area (Å²) in [5, 5.41) is 13.7. The van der Waals surface area contributed by atoms with Crippen molar-refractivity contribution in [1.29, 1.82) is 0 Å². The Morgan fingerprint density at radius 3 is 3.07 bits per heavy atom. The molecule has 84 valence electrons. The second-order valence-electron chi connectivity index (χ2n) is 3.13. The highest BCUT2D eigenvalue weighted by atomic mass is 32.2. The molecule has 0 aliphatic rings. The highest BCUT2D eigenvalue weighted by Crippen LogP contribution is 2.14. The highest BCUT2D eigenvalue weighted by Gasteiger charge is 2.05. The lowest BCUT2D eigenvalue weighted by atomic mass is 10.3. The first-order chi connectivity index (χ1) is 7.24. The van der Waals surface area contributed by atoms with Crippen LogP contribution in [0.25, 0.3) is 0 Å². The van der Waals surface area contributed by atoms with Gasteiger partial charge in [0, 0.05) is 16.8 Å². The molecule has 5 heteroatoms. The summed E-state index contributed by atoms with van der Waals surface area (Å²) in [6, 6.07) is 1.73. The van der Waals surface area contributed by atoms with Gasteiger partial charge in [0.15, 0.2) is 0 Å². The van der Waals surface area contributed by atoms with Gasteiger partial charge in [-0.25, -0.2) is 4.79 Å². The molecule has 0 radical (unpaired) electrons. The molecule has 0 bridgehead atoms. The van der Waals surface area contributed by atoms with Gasteiger partial charge >= 0.3 is 5.97 Å². The number of aromatic carboxylic acids is 1. The molecule has 0 amide bonds. The Kier molecular flexibility index (Phi) is 5.75. The first-order valence-electron chi connectivity index (χ1n) is 4.74. The zero-order chi connectivity index (χ0) is 11.1. The third kappa shape index (κ3) is 4.68. The first-order valence-corrected chi connectivity index (χ1v) is 7.01. The van der Waals surface area contributed by atoms with Gasteiger partial charge in [-0.2, -0.15) is 11.8 Å². The average Bonchev–Trinajstić information content (AvgIpc) is 2.66. The summed E-state index contributed by atoms with van der Waals surface area (Å²) in [5.74, 6) is 0.317. The number of carboxylic acids is 1. The molecule has 0 atom stereocenters. The monoisotopic (exact) mass is 245 g/mol. The SMILES string of the molecule is CSCCCNCc1cc(C(=O)O)cs1. The number of nitrogens with one attached hydrogen (secondary N) is 1. The third-order valence-corrected chi connectivity index (χ3v) is 3.54. The van der Waals surface area contributed by atoms with Crippen molar-refractivity contribution in [2.24, 2.45) is 0 Å². The Morgan fingerprint density at radius 1 is 1.67 bits per heavy atom.